The van der Waals surface area contributed by atoms with E-state index in [0.717, 1.165) is 34.9 Å². The number of piperidine rings is 1. The molecular weight excluding hydrogens is 504 g/mol. The fraction of sp³-hybridized carbons (Fsp3) is 0.462. The molecule has 0 aromatic carbocycles. The summed E-state index contributed by atoms with van der Waals surface area (Å²) in [5, 5.41) is 17.9. The van der Waals surface area contributed by atoms with Crippen LogP contribution in [0.2, 0.25) is 0 Å². The van der Waals surface area contributed by atoms with Crippen molar-refractivity contribution in [2.75, 3.05) is 33.4 Å². The number of ether oxygens (including phenoxy) is 1. The van der Waals surface area contributed by atoms with Crippen LogP contribution in [0.5, 0.6) is 0 Å². The third-order valence-corrected chi connectivity index (χ3v) is 7.96. The van der Waals surface area contributed by atoms with Crippen LogP contribution in [0, 0.1) is 0 Å². The van der Waals surface area contributed by atoms with Crippen molar-refractivity contribution >= 4 is 28.0 Å². The van der Waals surface area contributed by atoms with Crippen LogP contribution in [0.25, 0.3) is 15.3 Å². The molecule has 0 radical (unpaired) electrons. The Labute approximate surface area is 225 Å². The maximum Gasteiger partial charge on any atom is 0.260 e. The highest BCUT2D eigenvalue weighted by molar-refractivity contribution is 7.21. The average Bonchev–Trinajstić information content (AvgIpc) is 3.65. The molecule has 0 bridgehead atoms. The maximum absolute atomic E-state index is 13.2. The summed E-state index contributed by atoms with van der Waals surface area (Å²) >= 11 is 1.49. The number of rotatable bonds is 10. The topological polar surface area (TPSA) is 118 Å². The highest BCUT2D eigenvalue weighted by Gasteiger charge is 2.21. The third kappa shape index (κ3) is 6.14. The summed E-state index contributed by atoms with van der Waals surface area (Å²) in [5.74, 6) is -0.281. The van der Waals surface area contributed by atoms with E-state index in [2.05, 4.69) is 31.0 Å². The first-order chi connectivity index (χ1) is 18.5. The molecule has 38 heavy (non-hydrogen) atoms. The molecule has 0 aliphatic carbocycles. The number of fused-ring (bicyclic) bond motifs is 1. The molecule has 5 heterocycles. The van der Waals surface area contributed by atoms with E-state index in [-0.39, 0.29) is 17.9 Å². The normalized spacial score (nSPS) is 18.1. The number of amides is 2. The predicted molar refractivity (Wildman–Crippen MR) is 145 cm³/mol. The molecule has 3 aromatic rings. The number of methoxy groups -OCH3 is 1. The van der Waals surface area contributed by atoms with E-state index in [9.17, 15) is 9.59 Å². The van der Waals surface area contributed by atoms with Crippen molar-refractivity contribution in [1.29, 1.82) is 0 Å². The summed E-state index contributed by atoms with van der Waals surface area (Å²) in [6, 6.07) is -0.115. The quantitative estimate of drug-likeness (QED) is 0.363. The first-order valence-corrected chi connectivity index (χ1v) is 13.8. The molecule has 11 nitrogen and oxygen atoms in total. The lowest BCUT2D eigenvalue weighted by Gasteiger charge is -2.26. The molecule has 0 spiro atoms. The summed E-state index contributed by atoms with van der Waals surface area (Å²) in [7, 11) is 1.66. The molecule has 202 valence electrons. The number of hydrogen-bond acceptors (Lipinski definition) is 8. The Bertz CT molecular complexity index is 1350. The summed E-state index contributed by atoms with van der Waals surface area (Å²) in [5.41, 5.74) is 2.76. The van der Waals surface area contributed by atoms with Gasteiger partial charge in [0.15, 0.2) is 0 Å². The van der Waals surface area contributed by atoms with Crippen LogP contribution in [-0.2, 0) is 16.1 Å². The van der Waals surface area contributed by atoms with E-state index < -0.39 is 0 Å². The minimum Gasteiger partial charge on any atom is -0.383 e. The SMILES string of the molecule is COCCn1cc(-c2cn3ncc(C(=O)NC4=CC(NC(=O)CCN5CCCCC5)=CNC4C)c3s2)cn1. The number of aromatic nitrogens is 4. The van der Waals surface area contributed by atoms with Crippen molar-refractivity contribution in [1.82, 2.24) is 40.2 Å². The second-order valence-electron chi connectivity index (χ2n) is 9.63. The zero-order valence-corrected chi connectivity index (χ0v) is 22.6. The van der Waals surface area contributed by atoms with Crippen LogP contribution in [0.15, 0.2) is 48.5 Å². The van der Waals surface area contributed by atoms with E-state index in [1.807, 2.05) is 30.1 Å². The molecule has 5 rings (SSSR count). The van der Waals surface area contributed by atoms with Crippen LogP contribution in [-0.4, -0.2) is 75.5 Å². The van der Waals surface area contributed by atoms with E-state index in [1.54, 1.807) is 30.2 Å². The molecule has 12 heteroatoms. The fourth-order valence-electron chi connectivity index (χ4n) is 4.59. The van der Waals surface area contributed by atoms with Gasteiger partial charge in [-0.15, -0.1) is 11.3 Å². The average molecular weight is 539 g/mol. The molecule has 3 N–H and O–H groups in total. The zero-order chi connectivity index (χ0) is 26.5. The lowest BCUT2D eigenvalue weighted by atomic mass is 10.1. The minimum atomic E-state index is -0.248. The summed E-state index contributed by atoms with van der Waals surface area (Å²) in [4.78, 5) is 29.8. The highest BCUT2D eigenvalue weighted by atomic mass is 32.1. The molecule has 1 saturated heterocycles. The number of nitrogens with zero attached hydrogens (tertiary/aromatic N) is 5. The molecule has 1 fully saturated rings. The number of thiazole rings is 1. The summed E-state index contributed by atoms with van der Waals surface area (Å²) in [6.45, 7) is 6.11. The second kappa shape index (κ2) is 11.9. The van der Waals surface area contributed by atoms with Gasteiger partial charge in [-0.1, -0.05) is 6.42 Å². The Kier molecular flexibility index (Phi) is 8.20. The standard InChI is InChI=1S/C26H34N8O3S/c1-18-22(12-20(14-27-18)30-24(35)6-9-32-7-4-3-5-8-32)31-25(36)21-15-29-34-17-23(38-26(21)34)19-13-28-33(16-19)10-11-37-2/h12-18,27H,3-11H2,1-2H3,(H,30,35)(H,31,36). The van der Waals surface area contributed by atoms with Gasteiger partial charge in [-0.3, -0.25) is 14.3 Å². The van der Waals surface area contributed by atoms with Crippen molar-refractivity contribution in [3.05, 3.63) is 54.0 Å². The van der Waals surface area contributed by atoms with Gasteiger partial charge in [-0.2, -0.15) is 10.2 Å². The minimum absolute atomic E-state index is 0.0323. The van der Waals surface area contributed by atoms with E-state index in [4.69, 9.17) is 4.74 Å². The van der Waals surface area contributed by atoms with Crippen LogP contribution in [0.4, 0.5) is 0 Å². The Morgan fingerprint density at radius 2 is 1.97 bits per heavy atom. The van der Waals surface area contributed by atoms with Crippen molar-refractivity contribution in [3.8, 4) is 10.4 Å². The molecule has 2 aliphatic heterocycles. The molecule has 3 aromatic heterocycles. The van der Waals surface area contributed by atoms with Crippen LogP contribution in [0.1, 0.15) is 43.0 Å². The molecule has 2 aliphatic rings. The van der Waals surface area contributed by atoms with Gasteiger partial charge in [0.1, 0.15) is 4.83 Å². The number of hydrogen-bond donors (Lipinski definition) is 3. The Morgan fingerprint density at radius 1 is 1.13 bits per heavy atom. The van der Waals surface area contributed by atoms with Crippen molar-refractivity contribution in [2.24, 2.45) is 0 Å². The smallest absolute Gasteiger partial charge is 0.260 e. The van der Waals surface area contributed by atoms with Gasteiger partial charge < -0.3 is 25.6 Å². The molecular formula is C26H34N8O3S. The van der Waals surface area contributed by atoms with Gasteiger partial charge in [0.05, 0.1) is 47.7 Å². The second-order valence-corrected chi connectivity index (χ2v) is 10.7. The number of dihydropyridines is 1. The molecule has 1 unspecified atom stereocenters. The first kappa shape index (κ1) is 26.1. The zero-order valence-electron chi connectivity index (χ0n) is 21.8. The van der Waals surface area contributed by atoms with Crippen molar-refractivity contribution < 1.29 is 14.3 Å². The van der Waals surface area contributed by atoms with E-state index in [0.29, 0.717) is 36.5 Å². The van der Waals surface area contributed by atoms with Gasteiger partial charge in [0.25, 0.3) is 5.91 Å². The number of allylic oxidation sites excluding steroid dienone is 1. The lowest BCUT2D eigenvalue weighted by Crippen LogP contribution is -2.39. The van der Waals surface area contributed by atoms with Gasteiger partial charge >= 0.3 is 0 Å². The Balaban J connectivity index is 1.22. The summed E-state index contributed by atoms with van der Waals surface area (Å²) in [6.07, 6.45) is 15.0. The van der Waals surface area contributed by atoms with Crippen LogP contribution >= 0.6 is 11.3 Å². The van der Waals surface area contributed by atoms with Crippen molar-refractivity contribution in [3.63, 3.8) is 0 Å². The monoisotopic (exact) mass is 538 g/mol. The number of carbonyl (C=O) groups excluding carboxylic acids is 2. The largest absolute Gasteiger partial charge is 0.383 e. The summed E-state index contributed by atoms with van der Waals surface area (Å²) < 4.78 is 8.66. The molecule has 2 amide bonds. The molecule has 0 saturated carbocycles. The van der Waals surface area contributed by atoms with Gasteiger partial charge in [0.2, 0.25) is 5.91 Å². The predicted octanol–water partition coefficient (Wildman–Crippen LogP) is 2.34. The van der Waals surface area contributed by atoms with Gasteiger partial charge in [-0.05, 0) is 38.9 Å². The fourth-order valence-corrected chi connectivity index (χ4v) is 5.63. The Morgan fingerprint density at radius 3 is 2.79 bits per heavy atom. The first-order valence-electron chi connectivity index (χ1n) is 13.0. The highest BCUT2D eigenvalue weighted by Crippen LogP contribution is 2.30. The van der Waals surface area contributed by atoms with Gasteiger partial charge in [-0.25, -0.2) is 4.52 Å². The third-order valence-electron chi connectivity index (χ3n) is 6.79. The van der Waals surface area contributed by atoms with Crippen LogP contribution < -0.4 is 16.0 Å². The van der Waals surface area contributed by atoms with E-state index >= 15 is 0 Å². The maximum atomic E-state index is 13.2. The van der Waals surface area contributed by atoms with Crippen LogP contribution in [0.3, 0.4) is 0 Å². The number of nitrogens with one attached hydrogen (secondary N) is 3. The van der Waals surface area contributed by atoms with Crippen molar-refractivity contribution in [2.45, 2.75) is 45.2 Å². The van der Waals surface area contributed by atoms with E-state index in [1.165, 1.54) is 30.6 Å². The Hall–Kier alpha value is -3.48. The lowest BCUT2D eigenvalue weighted by molar-refractivity contribution is -0.120. The van der Waals surface area contributed by atoms with Gasteiger partial charge in [0, 0.05) is 49.9 Å². The number of likely N-dealkylation sites (tertiary alicyclic amines) is 1. The molecule has 1 atom stereocenters. The number of carbonyl (C=O) groups is 2.